The predicted octanol–water partition coefficient (Wildman–Crippen LogP) is 3.42. The van der Waals surface area contributed by atoms with Crippen LogP contribution in [0.3, 0.4) is 0 Å². The van der Waals surface area contributed by atoms with Gasteiger partial charge >= 0.3 is 6.09 Å². The van der Waals surface area contributed by atoms with E-state index in [1.807, 2.05) is 0 Å². The molecule has 0 saturated heterocycles. The van der Waals surface area contributed by atoms with Crippen molar-refractivity contribution in [2.45, 2.75) is 0 Å². The van der Waals surface area contributed by atoms with Crippen molar-refractivity contribution >= 4 is 35.0 Å². The zero-order chi connectivity index (χ0) is 14.9. The van der Waals surface area contributed by atoms with E-state index in [1.54, 1.807) is 0 Å². The van der Waals surface area contributed by atoms with Crippen LogP contribution in [0.4, 0.5) is 10.5 Å². The van der Waals surface area contributed by atoms with E-state index >= 15 is 0 Å². The summed E-state index contributed by atoms with van der Waals surface area (Å²) in [6.45, 7) is 0. The summed E-state index contributed by atoms with van der Waals surface area (Å²) in [5.41, 5.74) is -0.361. The number of hydrogen-bond acceptors (Lipinski definition) is 5. The molecule has 0 bridgehead atoms. The van der Waals surface area contributed by atoms with Crippen LogP contribution in [0, 0.1) is 10.1 Å². The number of aromatic nitrogens is 2. The van der Waals surface area contributed by atoms with Crippen molar-refractivity contribution in [3.8, 4) is 11.6 Å². The normalized spacial score (nSPS) is 10.3. The second-order valence-corrected chi connectivity index (χ2v) is 4.21. The standard InChI is InChI=1S/C10H5Cl2N3O5/c11-8-5(15(18)19)1-2-6(9(8)12)20-7-3-4-14(13-7)10(16)17/h1-4H,(H,16,17). The molecule has 1 aromatic heterocycles. The zero-order valence-corrected chi connectivity index (χ0v) is 11.0. The van der Waals surface area contributed by atoms with Gasteiger partial charge in [0.15, 0.2) is 0 Å². The average Bonchev–Trinajstić information content (AvgIpc) is 2.83. The Bertz CT molecular complexity index is 700. The van der Waals surface area contributed by atoms with E-state index < -0.39 is 11.0 Å². The Morgan fingerprint density at radius 3 is 2.60 bits per heavy atom. The number of carbonyl (C=O) groups is 1. The highest BCUT2D eigenvalue weighted by molar-refractivity contribution is 6.44. The fourth-order valence-electron chi connectivity index (χ4n) is 1.32. The molecule has 8 nitrogen and oxygen atoms in total. The van der Waals surface area contributed by atoms with Crippen LogP contribution in [-0.2, 0) is 0 Å². The van der Waals surface area contributed by atoms with Gasteiger partial charge in [-0.2, -0.15) is 4.68 Å². The summed E-state index contributed by atoms with van der Waals surface area (Å²) < 4.78 is 5.86. The molecule has 2 aromatic rings. The largest absolute Gasteiger partial charge is 0.463 e. The summed E-state index contributed by atoms with van der Waals surface area (Å²) >= 11 is 11.6. The third-order valence-corrected chi connectivity index (χ3v) is 3.05. The van der Waals surface area contributed by atoms with Crippen LogP contribution >= 0.6 is 23.2 Å². The molecule has 0 aliphatic rings. The molecular formula is C10H5Cl2N3O5. The molecule has 0 saturated carbocycles. The van der Waals surface area contributed by atoms with Crippen LogP contribution in [0.5, 0.6) is 11.6 Å². The summed E-state index contributed by atoms with van der Waals surface area (Å²) in [5, 5.41) is 22.5. The number of carboxylic acid groups (broad SMARTS) is 1. The maximum atomic E-state index is 10.7. The average molecular weight is 318 g/mol. The highest BCUT2D eigenvalue weighted by Gasteiger charge is 2.19. The van der Waals surface area contributed by atoms with Gasteiger partial charge in [-0.15, -0.1) is 5.10 Å². The number of benzene rings is 1. The molecule has 1 aromatic carbocycles. The summed E-state index contributed by atoms with van der Waals surface area (Å²) in [7, 11) is 0. The van der Waals surface area contributed by atoms with E-state index in [-0.39, 0.29) is 27.4 Å². The van der Waals surface area contributed by atoms with Crippen molar-refractivity contribution < 1.29 is 19.6 Å². The third kappa shape index (κ3) is 2.65. The van der Waals surface area contributed by atoms with Crippen LogP contribution < -0.4 is 4.74 Å². The number of hydrogen-bond donors (Lipinski definition) is 1. The molecule has 10 heteroatoms. The lowest BCUT2D eigenvalue weighted by Gasteiger charge is -2.06. The molecule has 0 spiro atoms. The van der Waals surface area contributed by atoms with Gasteiger partial charge in [0.25, 0.3) is 5.69 Å². The molecule has 0 fully saturated rings. The Morgan fingerprint density at radius 1 is 1.35 bits per heavy atom. The molecule has 1 heterocycles. The highest BCUT2D eigenvalue weighted by atomic mass is 35.5. The number of ether oxygens (including phenoxy) is 1. The summed E-state index contributed by atoms with van der Waals surface area (Å²) in [6, 6.07) is 3.66. The predicted molar refractivity (Wildman–Crippen MR) is 68.8 cm³/mol. The quantitative estimate of drug-likeness (QED) is 0.686. The molecule has 1 N–H and O–H groups in total. The Balaban J connectivity index is 2.32. The number of rotatable bonds is 3. The van der Waals surface area contributed by atoms with Crippen LogP contribution in [0.15, 0.2) is 24.4 Å². The first-order chi connectivity index (χ1) is 9.40. The van der Waals surface area contributed by atoms with Crippen LogP contribution in [0.25, 0.3) is 0 Å². The monoisotopic (exact) mass is 317 g/mol. The molecule has 0 unspecified atom stereocenters. The van der Waals surface area contributed by atoms with Crippen molar-refractivity contribution in [2.75, 3.05) is 0 Å². The molecular weight excluding hydrogens is 313 g/mol. The van der Waals surface area contributed by atoms with Crippen molar-refractivity contribution in [1.29, 1.82) is 0 Å². The second kappa shape index (κ2) is 5.35. The number of halogens is 2. The van der Waals surface area contributed by atoms with Gasteiger partial charge in [-0.1, -0.05) is 23.2 Å². The van der Waals surface area contributed by atoms with Crippen LogP contribution in [0.1, 0.15) is 0 Å². The fourth-order valence-corrected chi connectivity index (χ4v) is 1.75. The van der Waals surface area contributed by atoms with Gasteiger partial charge in [-0.3, -0.25) is 10.1 Å². The van der Waals surface area contributed by atoms with E-state index in [4.69, 9.17) is 33.0 Å². The van der Waals surface area contributed by atoms with Gasteiger partial charge in [0.05, 0.1) is 4.92 Å². The lowest BCUT2D eigenvalue weighted by atomic mass is 10.3. The summed E-state index contributed by atoms with van der Waals surface area (Å²) in [4.78, 5) is 20.6. The van der Waals surface area contributed by atoms with Gasteiger partial charge in [-0.05, 0) is 6.07 Å². The zero-order valence-electron chi connectivity index (χ0n) is 9.49. The van der Waals surface area contributed by atoms with Gasteiger partial charge in [0.1, 0.15) is 15.8 Å². The van der Waals surface area contributed by atoms with E-state index in [0.717, 1.165) is 6.07 Å². The first-order valence-corrected chi connectivity index (χ1v) is 5.75. The lowest BCUT2D eigenvalue weighted by molar-refractivity contribution is -0.384. The Hall–Kier alpha value is -2.32. The van der Waals surface area contributed by atoms with E-state index in [0.29, 0.717) is 4.68 Å². The van der Waals surface area contributed by atoms with E-state index in [1.165, 1.54) is 18.3 Å². The SMILES string of the molecule is O=C(O)n1ccc(Oc2ccc([N+](=O)[O-])c(Cl)c2Cl)n1. The first kappa shape index (κ1) is 14.1. The van der Waals surface area contributed by atoms with Gasteiger partial charge in [-0.25, -0.2) is 4.79 Å². The van der Waals surface area contributed by atoms with E-state index in [2.05, 4.69) is 5.10 Å². The van der Waals surface area contributed by atoms with Crippen LogP contribution in [0.2, 0.25) is 10.0 Å². The Morgan fingerprint density at radius 2 is 2.05 bits per heavy atom. The Kier molecular flexibility index (Phi) is 3.77. The number of nitrogens with zero attached hydrogens (tertiary/aromatic N) is 3. The lowest BCUT2D eigenvalue weighted by Crippen LogP contribution is -2.07. The molecule has 20 heavy (non-hydrogen) atoms. The fraction of sp³-hybridized carbons (Fsp3) is 0. The minimum absolute atomic E-state index is 0.0258. The Labute approximate surface area is 121 Å². The van der Waals surface area contributed by atoms with E-state index in [9.17, 15) is 14.9 Å². The molecule has 0 aliphatic carbocycles. The third-order valence-electron chi connectivity index (χ3n) is 2.20. The molecule has 0 radical (unpaired) electrons. The minimum Gasteiger partial charge on any atom is -0.463 e. The van der Waals surface area contributed by atoms with Crippen molar-refractivity contribution in [1.82, 2.24) is 9.78 Å². The smallest absolute Gasteiger partial charge is 0.432 e. The van der Waals surface area contributed by atoms with Crippen molar-refractivity contribution in [3.05, 3.63) is 44.6 Å². The summed E-state index contributed by atoms with van der Waals surface area (Å²) in [6.07, 6.45) is -0.119. The second-order valence-electron chi connectivity index (χ2n) is 3.45. The molecule has 2 rings (SSSR count). The maximum absolute atomic E-state index is 10.7. The van der Waals surface area contributed by atoms with Gasteiger partial charge in [0, 0.05) is 18.3 Å². The summed E-state index contributed by atoms with van der Waals surface area (Å²) in [5.74, 6) is -0.0166. The molecule has 0 atom stereocenters. The highest BCUT2D eigenvalue weighted by Crippen LogP contribution is 2.39. The topological polar surface area (TPSA) is 107 Å². The minimum atomic E-state index is -1.28. The van der Waals surface area contributed by atoms with Gasteiger partial charge in [0.2, 0.25) is 5.88 Å². The van der Waals surface area contributed by atoms with Crippen LogP contribution in [-0.4, -0.2) is 25.9 Å². The number of nitro benzene ring substituents is 1. The molecule has 0 amide bonds. The molecule has 0 aliphatic heterocycles. The van der Waals surface area contributed by atoms with Crippen molar-refractivity contribution in [2.24, 2.45) is 0 Å². The molecule has 104 valence electrons. The van der Waals surface area contributed by atoms with Crippen molar-refractivity contribution in [3.63, 3.8) is 0 Å². The maximum Gasteiger partial charge on any atom is 0.432 e. The van der Waals surface area contributed by atoms with Gasteiger partial charge < -0.3 is 9.84 Å². The first-order valence-electron chi connectivity index (χ1n) is 4.99. The number of nitro groups is 1.